The predicted molar refractivity (Wildman–Crippen MR) is 79.0 cm³/mol. The third-order valence-electron chi connectivity index (χ3n) is 3.70. The highest BCUT2D eigenvalue weighted by molar-refractivity contribution is 5.90. The number of terminal acetylenes is 1. The molecule has 0 aromatic heterocycles. The summed E-state index contributed by atoms with van der Waals surface area (Å²) in [6.45, 7) is 3.67. The van der Waals surface area contributed by atoms with Crippen molar-refractivity contribution < 1.29 is 14.7 Å². The molecule has 0 spiro atoms. The maximum absolute atomic E-state index is 12.4. The fourth-order valence-electron chi connectivity index (χ4n) is 2.60. The van der Waals surface area contributed by atoms with Crippen molar-refractivity contribution in [3.8, 4) is 12.3 Å². The summed E-state index contributed by atoms with van der Waals surface area (Å²) in [5.74, 6) is 1.56. The van der Waals surface area contributed by atoms with Crippen LogP contribution in [0.5, 0.6) is 0 Å². The van der Waals surface area contributed by atoms with E-state index in [1.165, 1.54) is 0 Å². The lowest BCUT2D eigenvalue weighted by atomic mass is 9.94. The smallest absolute Gasteiger partial charge is 0.335 e. The first-order valence-corrected chi connectivity index (χ1v) is 6.89. The van der Waals surface area contributed by atoms with Crippen LogP contribution in [0.1, 0.15) is 28.4 Å². The Bertz CT molecular complexity index is 604. The van der Waals surface area contributed by atoms with E-state index in [1.807, 2.05) is 13.0 Å². The van der Waals surface area contributed by atoms with E-state index in [0.717, 1.165) is 11.1 Å². The third-order valence-corrected chi connectivity index (χ3v) is 3.70. The van der Waals surface area contributed by atoms with Crippen molar-refractivity contribution in [3.05, 3.63) is 34.9 Å². The molecule has 1 aliphatic heterocycles. The summed E-state index contributed by atoms with van der Waals surface area (Å²) in [4.78, 5) is 26.9. The number of aromatic carboxylic acids is 1. The molecule has 5 nitrogen and oxygen atoms in total. The van der Waals surface area contributed by atoms with E-state index in [1.54, 1.807) is 21.9 Å². The Morgan fingerprint density at radius 2 is 2.24 bits per heavy atom. The number of benzene rings is 1. The van der Waals surface area contributed by atoms with Crippen molar-refractivity contribution in [1.82, 2.24) is 9.80 Å². The average molecular weight is 286 g/mol. The molecule has 2 rings (SSSR count). The number of fused-ring (bicyclic) bond motifs is 1. The summed E-state index contributed by atoms with van der Waals surface area (Å²) in [6.07, 6.45) is 5.83. The van der Waals surface area contributed by atoms with Gasteiger partial charge in [-0.25, -0.2) is 9.59 Å². The van der Waals surface area contributed by atoms with Gasteiger partial charge in [-0.3, -0.25) is 0 Å². The van der Waals surface area contributed by atoms with Gasteiger partial charge in [-0.2, -0.15) is 0 Å². The van der Waals surface area contributed by atoms with Gasteiger partial charge in [0.15, 0.2) is 0 Å². The molecule has 0 bridgehead atoms. The zero-order chi connectivity index (χ0) is 15.4. The summed E-state index contributed by atoms with van der Waals surface area (Å²) in [5.41, 5.74) is 2.05. The molecular formula is C16H18N2O3. The zero-order valence-electron chi connectivity index (χ0n) is 12.0. The highest BCUT2D eigenvalue weighted by Gasteiger charge is 2.26. The second-order valence-electron chi connectivity index (χ2n) is 4.92. The highest BCUT2D eigenvalue weighted by atomic mass is 16.4. The van der Waals surface area contributed by atoms with Gasteiger partial charge in [-0.15, -0.1) is 6.42 Å². The Morgan fingerprint density at radius 3 is 2.86 bits per heavy atom. The van der Waals surface area contributed by atoms with Crippen molar-refractivity contribution in [1.29, 1.82) is 0 Å². The van der Waals surface area contributed by atoms with Gasteiger partial charge in [0.05, 0.1) is 12.1 Å². The third kappa shape index (κ3) is 3.00. The van der Waals surface area contributed by atoms with Crippen LogP contribution in [0.4, 0.5) is 4.79 Å². The quantitative estimate of drug-likeness (QED) is 0.862. The molecule has 5 heteroatoms. The molecule has 0 unspecified atom stereocenters. The number of hydrogen-bond acceptors (Lipinski definition) is 2. The van der Waals surface area contributed by atoms with E-state index in [0.29, 0.717) is 31.6 Å². The van der Waals surface area contributed by atoms with Crippen molar-refractivity contribution >= 4 is 12.0 Å². The van der Waals surface area contributed by atoms with Crippen molar-refractivity contribution in [2.75, 3.05) is 19.6 Å². The molecule has 0 saturated carbocycles. The number of carbonyl (C=O) groups is 2. The van der Waals surface area contributed by atoms with E-state index in [4.69, 9.17) is 6.42 Å². The molecule has 1 aliphatic rings. The van der Waals surface area contributed by atoms with Gasteiger partial charge in [-0.1, -0.05) is 18.1 Å². The number of urea groups is 1. The van der Waals surface area contributed by atoms with Gasteiger partial charge >= 0.3 is 12.0 Å². The molecule has 1 aromatic carbocycles. The van der Waals surface area contributed by atoms with Crippen LogP contribution in [-0.4, -0.2) is 46.5 Å². The van der Waals surface area contributed by atoms with Crippen molar-refractivity contribution in [2.24, 2.45) is 0 Å². The SMILES string of the molecule is C#CCN(CC)C(=O)N1CCc2c(cccc2C(=O)O)C1. The van der Waals surface area contributed by atoms with E-state index in [2.05, 4.69) is 5.92 Å². The fraction of sp³-hybridized carbons (Fsp3) is 0.375. The first-order chi connectivity index (χ1) is 10.1. The summed E-state index contributed by atoms with van der Waals surface area (Å²) >= 11 is 0. The molecule has 1 aromatic rings. The maximum atomic E-state index is 12.4. The van der Waals surface area contributed by atoms with Crippen LogP contribution >= 0.6 is 0 Å². The lowest BCUT2D eigenvalue weighted by Gasteiger charge is -2.33. The van der Waals surface area contributed by atoms with Crippen LogP contribution in [0.2, 0.25) is 0 Å². The predicted octanol–water partition coefficient (Wildman–Crippen LogP) is 1.82. The number of carbonyl (C=O) groups excluding carboxylic acids is 1. The van der Waals surface area contributed by atoms with Gasteiger partial charge < -0.3 is 14.9 Å². The zero-order valence-corrected chi connectivity index (χ0v) is 12.0. The standard InChI is InChI=1S/C16H18N2O3/c1-3-9-17(4-2)16(21)18-10-8-13-12(11-18)6-5-7-14(13)15(19)20/h1,5-7H,4,8-11H2,2H3,(H,19,20). The van der Waals surface area contributed by atoms with Crippen LogP contribution < -0.4 is 0 Å². The van der Waals surface area contributed by atoms with Crippen LogP contribution in [-0.2, 0) is 13.0 Å². The molecule has 0 atom stereocenters. The highest BCUT2D eigenvalue weighted by Crippen LogP contribution is 2.23. The van der Waals surface area contributed by atoms with E-state index < -0.39 is 5.97 Å². The molecule has 0 saturated heterocycles. The number of carboxylic acid groups (broad SMARTS) is 1. The second kappa shape index (κ2) is 6.31. The van der Waals surface area contributed by atoms with Gasteiger partial charge in [0.2, 0.25) is 0 Å². The molecule has 0 fully saturated rings. The van der Waals surface area contributed by atoms with Gasteiger partial charge in [-0.05, 0) is 30.5 Å². The van der Waals surface area contributed by atoms with Gasteiger partial charge in [0.1, 0.15) is 0 Å². The van der Waals surface area contributed by atoms with Crippen molar-refractivity contribution in [2.45, 2.75) is 19.9 Å². The van der Waals surface area contributed by atoms with E-state index >= 15 is 0 Å². The van der Waals surface area contributed by atoms with E-state index in [9.17, 15) is 14.7 Å². The number of amides is 2. The lowest BCUT2D eigenvalue weighted by Crippen LogP contribution is -2.45. The molecule has 0 aliphatic carbocycles. The first kappa shape index (κ1) is 14.9. The molecule has 110 valence electrons. The van der Waals surface area contributed by atoms with Gasteiger partial charge in [0, 0.05) is 19.6 Å². The number of hydrogen-bond donors (Lipinski definition) is 1. The van der Waals surface area contributed by atoms with Crippen molar-refractivity contribution in [3.63, 3.8) is 0 Å². The summed E-state index contributed by atoms with van der Waals surface area (Å²) in [5, 5.41) is 9.20. The average Bonchev–Trinajstić information content (AvgIpc) is 2.50. The molecule has 1 N–H and O–H groups in total. The summed E-state index contributed by atoms with van der Waals surface area (Å²) in [7, 11) is 0. The van der Waals surface area contributed by atoms with Gasteiger partial charge in [0.25, 0.3) is 0 Å². The minimum atomic E-state index is -0.922. The van der Waals surface area contributed by atoms with Crippen LogP contribution in [0.3, 0.4) is 0 Å². The Labute approximate surface area is 124 Å². The minimum Gasteiger partial charge on any atom is -0.478 e. The monoisotopic (exact) mass is 286 g/mol. The Kier molecular flexibility index (Phi) is 4.49. The number of carboxylic acids is 1. The van der Waals surface area contributed by atoms with Crippen LogP contribution in [0.25, 0.3) is 0 Å². The maximum Gasteiger partial charge on any atom is 0.335 e. The second-order valence-corrected chi connectivity index (χ2v) is 4.92. The lowest BCUT2D eigenvalue weighted by molar-refractivity contribution is 0.0695. The Hall–Kier alpha value is -2.48. The minimum absolute atomic E-state index is 0.0955. The fourth-order valence-corrected chi connectivity index (χ4v) is 2.60. The molecule has 1 heterocycles. The Morgan fingerprint density at radius 1 is 1.48 bits per heavy atom. The first-order valence-electron chi connectivity index (χ1n) is 6.89. The molecular weight excluding hydrogens is 268 g/mol. The summed E-state index contributed by atoms with van der Waals surface area (Å²) < 4.78 is 0. The summed E-state index contributed by atoms with van der Waals surface area (Å²) in [6, 6.07) is 5.10. The van der Waals surface area contributed by atoms with E-state index in [-0.39, 0.29) is 12.6 Å². The largest absolute Gasteiger partial charge is 0.478 e. The van der Waals surface area contributed by atoms with Crippen LogP contribution in [0.15, 0.2) is 18.2 Å². The number of rotatable bonds is 3. The molecule has 0 radical (unpaired) electrons. The Balaban J connectivity index is 2.20. The topological polar surface area (TPSA) is 60.9 Å². The number of nitrogens with zero attached hydrogens (tertiary/aromatic N) is 2. The van der Waals surface area contributed by atoms with Crippen LogP contribution in [0, 0.1) is 12.3 Å². The molecule has 21 heavy (non-hydrogen) atoms. The normalized spacial score (nSPS) is 13.2. The molecule has 2 amide bonds.